The molecule has 2 atom stereocenters. The quantitative estimate of drug-likeness (QED) is 0.836. The molecule has 0 aromatic carbocycles. The average molecular weight is 318 g/mol. The fraction of sp³-hybridized carbons (Fsp3) is 0.583. The molecule has 1 fully saturated rings. The van der Waals surface area contributed by atoms with Crippen molar-refractivity contribution in [3.05, 3.63) is 16.3 Å². The number of hydrogen-bond donors (Lipinski definition) is 1. The lowest BCUT2D eigenvalue weighted by Gasteiger charge is -2.33. The number of rotatable bonds is 3. The van der Waals surface area contributed by atoms with Gasteiger partial charge in [-0.1, -0.05) is 6.92 Å². The minimum Gasteiger partial charge on any atom is -0.465 e. The third kappa shape index (κ3) is 2.88. The Kier molecular flexibility index (Phi) is 4.48. The van der Waals surface area contributed by atoms with Gasteiger partial charge in [-0.05, 0) is 23.8 Å². The fourth-order valence-electron chi connectivity index (χ4n) is 2.43. The van der Waals surface area contributed by atoms with E-state index in [2.05, 4.69) is 4.74 Å². The molecule has 112 valence electrons. The Bertz CT molecular complexity index is 586. The third-order valence-electron chi connectivity index (χ3n) is 3.28. The van der Waals surface area contributed by atoms with Crippen molar-refractivity contribution < 1.29 is 17.9 Å². The highest BCUT2D eigenvalue weighted by atomic mass is 32.2. The highest BCUT2D eigenvalue weighted by molar-refractivity contribution is 7.89. The molecular formula is C12H18N2O4S2. The van der Waals surface area contributed by atoms with Crippen LogP contribution < -0.4 is 5.73 Å². The van der Waals surface area contributed by atoms with Crippen LogP contribution >= 0.6 is 11.3 Å². The number of nitrogens with two attached hydrogens (primary N) is 1. The first kappa shape index (κ1) is 15.4. The zero-order valence-electron chi connectivity index (χ0n) is 11.4. The summed E-state index contributed by atoms with van der Waals surface area (Å²) in [6, 6.07) is 1.27. The van der Waals surface area contributed by atoms with E-state index in [4.69, 9.17) is 5.73 Å². The molecular weight excluding hydrogens is 300 g/mol. The zero-order valence-corrected chi connectivity index (χ0v) is 13.0. The van der Waals surface area contributed by atoms with Gasteiger partial charge in [0.1, 0.15) is 9.77 Å². The molecule has 0 radical (unpaired) electrons. The van der Waals surface area contributed by atoms with Gasteiger partial charge in [0.2, 0.25) is 10.0 Å². The number of carbonyl (C=O) groups excluding carboxylic acids is 1. The summed E-state index contributed by atoms with van der Waals surface area (Å²) in [6.07, 6.45) is 0.805. The lowest BCUT2D eigenvalue weighted by molar-refractivity contribution is 0.0602. The normalized spacial score (nSPS) is 24.6. The molecule has 2 heterocycles. The maximum absolute atomic E-state index is 12.6. The summed E-state index contributed by atoms with van der Waals surface area (Å²) in [7, 11) is -2.47. The van der Waals surface area contributed by atoms with Gasteiger partial charge in [-0.25, -0.2) is 13.2 Å². The second kappa shape index (κ2) is 5.80. The molecule has 8 heteroatoms. The van der Waals surface area contributed by atoms with Crippen LogP contribution in [0.15, 0.2) is 16.3 Å². The van der Waals surface area contributed by atoms with E-state index >= 15 is 0 Å². The Labute approximate surface area is 122 Å². The van der Waals surface area contributed by atoms with Crippen LogP contribution in [0.25, 0.3) is 0 Å². The van der Waals surface area contributed by atoms with Crippen LogP contribution in [-0.2, 0) is 14.8 Å². The molecule has 1 aromatic rings. The largest absolute Gasteiger partial charge is 0.465 e. The van der Waals surface area contributed by atoms with Crippen LogP contribution in [0.1, 0.15) is 23.0 Å². The van der Waals surface area contributed by atoms with Gasteiger partial charge < -0.3 is 10.5 Å². The first-order chi connectivity index (χ1) is 9.36. The first-order valence-corrected chi connectivity index (χ1v) is 8.59. The van der Waals surface area contributed by atoms with Crippen molar-refractivity contribution in [3.63, 3.8) is 0 Å². The van der Waals surface area contributed by atoms with Crippen LogP contribution in [0.5, 0.6) is 0 Å². The summed E-state index contributed by atoms with van der Waals surface area (Å²) >= 11 is 1.06. The number of nitrogens with zero attached hydrogens (tertiary/aromatic N) is 1. The van der Waals surface area contributed by atoms with E-state index in [9.17, 15) is 13.2 Å². The highest BCUT2D eigenvalue weighted by Crippen LogP contribution is 2.28. The summed E-state index contributed by atoms with van der Waals surface area (Å²) in [5.74, 6) is -0.429. The highest BCUT2D eigenvalue weighted by Gasteiger charge is 2.35. The monoisotopic (exact) mass is 318 g/mol. The second-order valence-corrected chi connectivity index (χ2v) is 7.85. The van der Waals surface area contributed by atoms with Crippen molar-refractivity contribution in [3.8, 4) is 0 Å². The summed E-state index contributed by atoms with van der Waals surface area (Å²) in [6.45, 7) is 2.67. The van der Waals surface area contributed by atoms with Gasteiger partial charge in [0.05, 0.1) is 7.11 Å². The summed E-state index contributed by atoms with van der Waals surface area (Å²) in [4.78, 5) is 11.8. The fourth-order valence-corrected chi connectivity index (χ4v) is 5.35. The number of ether oxygens (including phenoxy) is 1. The molecule has 6 nitrogen and oxygen atoms in total. The van der Waals surface area contributed by atoms with Crippen LogP contribution in [0.2, 0.25) is 0 Å². The average Bonchev–Trinajstić information content (AvgIpc) is 2.86. The molecule has 1 aliphatic rings. The predicted molar refractivity (Wildman–Crippen MR) is 76.2 cm³/mol. The van der Waals surface area contributed by atoms with E-state index in [1.165, 1.54) is 17.5 Å². The number of carbonyl (C=O) groups is 1. The summed E-state index contributed by atoms with van der Waals surface area (Å²) < 4.78 is 31.3. The van der Waals surface area contributed by atoms with E-state index in [1.54, 1.807) is 5.38 Å². The lowest BCUT2D eigenvalue weighted by atomic mass is 9.99. The number of hydrogen-bond acceptors (Lipinski definition) is 6. The van der Waals surface area contributed by atoms with Crippen molar-refractivity contribution in [2.75, 3.05) is 20.2 Å². The van der Waals surface area contributed by atoms with Crippen molar-refractivity contribution in [1.82, 2.24) is 4.31 Å². The van der Waals surface area contributed by atoms with Crippen LogP contribution in [-0.4, -0.2) is 44.9 Å². The second-order valence-electron chi connectivity index (χ2n) is 5.03. The van der Waals surface area contributed by atoms with Gasteiger partial charge in [0.25, 0.3) is 0 Å². The van der Waals surface area contributed by atoms with Crippen LogP contribution in [0, 0.1) is 5.92 Å². The number of piperidine rings is 1. The maximum atomic E-state index is 12.6. The molecule has 20 heavy (non-hydrogen) atoms. The van der Waals surface area contributed by atoms with E-state index in [0.29, 0.717) is 6.54 Å². The topological polar surface area (TPSA) is 89.7 Å². The van der Waals surface area contributed by atoms with Gasteiger partial charge in [-0.3, -0.25) is 0 Å². The Hall–Kier alpha value is -0.960. The van der Waals surface area contributed by atoms with Gasteiger partial charge in [0.15, 0.2) is 0 Å². The van der Waals surface area contributed by atoms with E-state index in [-0.39, 0.29) is 28.3 Å². The van der Waals surface area contributed by atoms with Crippen molar-refractivity contribution in [1.29, 1.82) is 0 Å². The van der Waals surface area contributed by atoms with E-state index in [0.717, 1.165) is 17.8 Å². The number of thiophene rings is 1. The number of sulfonamides is 1. The molecule has 2 N–H and O–H groups in total. The molecule has 0 bridgehead atoms. The van der Waals surface area contributed by atoms with Gasteiger partial charge >= 0.3 is 5.97 Å². The van der Waals surface area contributed by atoms with Gasteiger partial charge in [-0.2, -0.15) is 4.31 Å². The third-order valence-corrected chi connectivity index (χ3v) is 6.17. The molecule has 0 saturated carbocycles. The predicted octanol–water partition coefficient (Wildman–Crippen LogP) is 0.893. The Balaban J connectivity index is 2.36. The standard InChI is InChI=1S/C12H18N2O4S2/c1-8-5-9(13)7-14(6-8)20(16,17)10-3-4-19-11(10)12(15)18-2/h3-4,8-9H,5-7,13H2,1-2H3. The van der Waals surface area contributed by atoms with Crippen LogP contribution in [0.3, 0.4) is 0 Å². The Morgan fingerprint density at radius 1 is 1.50 bits per heavy atom. The Morgan fingerprint density at radius 3 is 2.80 bits per heavy atom. The lowest BCUT2D eigenvalue weighted by Crippen LogP contribution is -2.48. The maximum Gasteiger partial charge on any atom is 0.349 e. The minimum atomic E-state index is -3.71. The van der Waals surface area contributed by atoms with Crippen LogP contribution in [0.4, 0.5) is 0 Å². The number of esters is 1. The zero-order chi connectivity index (χ0) is 14.9. The molecule has 1 aliphatic heterocycles. The van der Waals surface area contributed by atoms with E-state index < -0.39 is 16.0 Å². The SMILES string of the molecule is COC(=O)c1sccc1S(=O)(=O)N1CC(C)CC(N)C1. The first-order valence-electron chi connectivity index (χ1n) is 6.27. The molecule has 0 aliphatic carbocycles. The molecule has 0 amide bonds. The Morgan fingerprint density at radius 2 is 2.20 bits per heavy atom. The van der Waals surface area contributed by atoms with Crippen molar-refractivity contribution in [2.45, 2.75) is 24.3 Å². The molecule has 2 rings (SSSR count). The summed E-state index contributed by atoms with van der Waals surface area (Å²) in [5, 5.41) is 1.58. The molecule has 2 unspecified atom stereocenters. The molecule has 1 aromatic heterocycles. The van der Waals surface area contributed by atoms with Gasteiger partial charge in [0, 0.05) is 19.1 Å². The van der Waals surface area contributed by atoms with Crippen molar-refractivity contribution >= 4 is 27.3 Å². The molecule has 1 saturated heterocycles. The minimum absolute atomic E-state index is 0.00986. The molecule has 0 spiro atoms. The van der Waals surface area contributed by atoms with Crippen molar-refractivity contribution in [2.24, 2.45) is 11.7 Å². The van der Waals surface area contributed by atoms with E-state index in [1.807, 2.05) is 6.92 Å². The smallest absolute Gasteiger partial charge is 0.349 e. The van der Waals surface area contributed by atoms with Gasteiger partial charge in [-0.15, -0.1) is 11.3 Å². The summed E-state index contributed by atoms with van der Waals surface area (Å²) in [5.41, 5.74) is 5.89. The number of methoxy groups -OCH3 is 1.